The van der Waals surface area contributed by atoms with Gasteiger partial charge < -0.3 is 20.6 Å². The van der Waals surface area contributed by atoms with Crippen molar-refractivity contribution in [3.05, 3.63) is 35.4 Å². The number of carbonyl (C=O) groups is 5. The fraction of sp³-hybridized carbons (Fsp3) is 0.560. The molecule has 4 N–H and O–H groups in total. The summed E-state index contributed by atoms with van der Waals surface area (Å²) in [5.74, 6) is -3.36. The van der Waals surface area contributed by atoms with E-state index in [0.29, 0.717) is 57.9 Å². The van der Waals surface area contributed by atoms with Crippen LogP contribution in [0.15, 0.2) is 24.3 Å². The Balaban J connectivity index is 2.08. The molecule has 0 aliphatic carbocycles. The molecule has 0 spiro atoms. The van der Waals surface area contributed by atoms with E-state index in [9.17, 15) is 39.3 Å². The van der Waals surface area contributed by atoms with Crippen LogP contribution >= 0.6 is 0 Å². The minimum atomic E-state index is -1.02. The average Bonchev–Trinajstić information content (AvgIpc) is 2.83. The molecule has 0 radical (unpaired) electrons. The predicted octanol–water partition coefficient (Wildman–Crippen LogP) is -1.02. The normalized spacial score (nSPS) is 17.2. The SMILES string of the molecule is CC(=O)c1cccc(CNC(=O)CN2CCN(CC(=O)O)CCN(CC(=O)O)CCN(CC(=O)O)CC2)c1. The highest BCUT2D eigenvalue weighted by molar-refractivity contribution is 5.94. The Kier molecular flexibility index (Phi) is 12.8. The summed E-state index contributed by atoms with van der Waals surface area (Å²) in [5, 5.41) is 30.7. The molecule has 0 unspecified atom stereocenters. The number of hydrogen-bond donors (Lipinski definition) is 4. The Labute approximate surface area is 221 Å². The molecule has 13 heteroatoms. The molecule has 1 aliphatic heterocycles. The molecule has 1 aromatic carbocycles. The molecule has 1 heterocycles. The lowest BCUT2D eigenvalue weighted by molar-refractivity contribution is -0.140. The zero-order chi connectivity index (χ0) is 28.1. The first-order valence-electron chi connectivity index (χ1n) is 12.4. The first-order valence-corrected chi connectivity index (χ1v) is 12.4. The smallest absolute Gasteiger partial charge is 0.317 e. The van der Waals surface area contributed by atoms with Crippen molar-refractivity contribution < 1.29 is 39.3 Å². The molecule has 0 saturated carbocycles. The fourth-order valence-corrected chi connectivity index (χ4v) is 4.14. The van der Waals surface area contributed by atoms with E-state index in [2.05, 4.69) is 5.32 Å². The van der Waals surface area contributed by atoms with Gasteiger partial charge in [0.1, 0.15) is 0 Å². The van der Waals surface area contributed by atoms with Gasteiger partial charge in [-0.1, -0.05) is 18.2 Å². The van der Waals surface area contributed by atoms with Crippen molar-refractivity contribution in [1.29, 1.82) is 0 Å². The Morgan fingerprint density at radius 2 is 1.08 bits per heavy atom. The number of carbonyl (C=O) groups excluding carboxylic acids is 2. The Bertz CT molecular complexity index is 956. The molecule has 1 fully saturated rings. The average molecular weight is 536 g/mol. The van der Waals surface area contributed by atoms with E-state index in [1.165, 1.54) is 6.92 Å². The standard InChI is InChI=1S/C25H37N5O8/c1-19(31)21-4-2-3-20(13-21)14-26-22(32)15-27-5-7-28(16-23(33)34)9-11-30(18-25(37)38)12-10-29(8-6-27)17-24(35)36/h2-4,13H,5-12,14-18H2,1H3,(H,26,32)(H,33,34)(H,35,36)(H,37,38). The molecule has 0 atom stereocenters. The summed E-state index contributed by atoms with van der Waals surface area (Å²) >= 11 is 0. The van der Waals surface area contributed by atoms with Gasteiger partial charge in [0.15, 0.2) is 5.78 Å². The van der Waals surface area contributed by atoms with Crippen LogP contribution in [0.3, 0.4) is 0 Å². The summed E-state index contributed by atoms with van der Waals surface area (Å²) in [6.07, 6.45) is 0. The predicted molar refractivity (Wildman–Crippen MR) is 137 cm³/mol. The van der Waals surface area contributed by atoms with Crippen LogP contribution in [-0.2, 0) is 25.7 Å². The van der Waals surface area contributed by atoms with Gasteiger partial charge in [-0.3, -0.25) is 43.6 Å². The van der Waals surface area contributed by atoms with E-state index in [1.807, 2.05) is 11.0 Å². The van der Waals surface area contributed by atoms with Crippen LogP contribution in [-0.4, -0.2) is 143 Å². The number of carboxylic acid groups (broad SMARTS) is 3. The maximum atomic E-state index is 12.7. The molecular formula is C25H37N5O8. The number of rotatable bonds is 11. The van der Waals surface area contributed by atoms with Crippen molar-refractivity contribution in [2.24, 2.45) is 0 Å². The van der Waals surface area contributed by atoms with E-state index < -0.39 is 17.9 Å². The van der Waals surface area contributed by atoms with Crippen LogP contribution < -0.4 is 5.32 Å². The third-order valence-electron chi connectivity index (χ3n) is 6.20. The van der Waals surface area contributed by atoms with E-state index in [4.69, 9.17) is 0 Å². The third-order valence-corrected chi connectivity index (χ3v) is 6.20. The number of carboxylic acids is 3. The van der Waals surface area contributed by atoms with Gasteiger partial charge in [-0.2, -0.15) is 0 Å². The zero-order valence-electron chi connectivity index (χ0n) is 21.7. The van der Waals surface area contributed by atoms with Crippen molar-refractivity contribution in [1.82, 2.24) is 24.9 Å². The molecule has 1 saturated heterocycles. The lowest BCUT2D eigenvalue weighted by Gasteiger charge is -2.32. The maximum absolute atomic E-state index is 12.7. The van der Waals surface area contributed by atoms with Crippen LogP contribution in [0, 0.1) is 0 Å². The second-order valence-electron chi connectivity index (χ2n) is 9.32. The first kappa shape index (κ1) is 30.8. The maximum Gasteiger partial charge on any atom is 0.317 e. The molecule has 1 aliphatic rings. The lowest BCUT2D eigenvalue weighted by atomic mass is 10.1. The second kappa shape index (κ2) is 15.8. The molecule has 2 rings (SSSR count). The van der Waals surface area contributed by atoms with Gasteiger partial charge in [0.05, 0.1) is 26.2 Å². The largest absolute Gasteiger partial charge is 0.480 e. The van der Waals surface area contributed by atoms with Crippen molar-refractivity contribution in [3.8, 4) is 0 Å². The zero-order valence-corrected chi connectivity index (χ0v) is 21.7. The highest BCUT2D eigenvalue weighted by Gasteiger charge is 2.21. The molecule has 13 nitrogen and oxygen atoms in total. The Morgan fingerprint density at radius 3 is 1.45 bits per heavy atom. The quantitative estimate of drug-likeness (QED) is 0.255. The molecular weight excluding hydrogens is 498 g/mol. The topological polar surface area (TPSA) is 171 Å². The summed E-state index contributed by atoms with van der Waals surface area (Å²) in [7, 11) is 0. The third kappa shape index (κ3) is 12.2. The van der Waals surface area contributed by atoms with E-state index in [0.717, 1.165) is 5.56 Å². The summed E-state index contributed by atoms with van der Waals surface area (Å²) in [4.78, 5) is 65.3. The summed E-state index contributed by atoms with van der Waals surface area (Å²) in [6, 6.07) is 6.99. The highest BCUT2D eigenvalue weighted by atomic mass is 16.4. The number of nitrogens with one attached hydrogen (secondary N) is 1. The van der Waals surface area contributed by atoms with Crippen LogP contribution in [0.4, 0.5) is 0 Å². The van der Waals surface area contributed by atoms with Gasteiger partial charge in [-0.15, -0.1) is 0 Å². The molecule has 210 valence electrons. The Hall–Kier alpha value is -3.39. The van der Waals surface area contributed by atoms with Gasteiger partial charge in [-0.05, 0) is 18.6 Å². The van der Waals surface area contributed by atoms with Crippen LogP contribution in [0.2, 0.25) is 0 Å². The summed E-state index contributed by atoms with van der Waals surface area (Å²) in [5.41, 5.74) is 1.34. The number of amides is 1. The van der Waals surface area contributed by atoms with E-state index >= 15 is 0 Å². The minimum absolute atomic E-state index is 0.0271. The van der Waals surface area contributed by atoms with Crippen molar-refractivity contribution in [3.63, 3.8) is 0 Å². The molecule has 1 amide bonds. The van der Waals surface area contributed by atoms with E-state index in [1.54, 1.807) is 32.9 Å². The number of Topliss-reactive ketones (excluding diaryl/α,β-unsaturated/α-hetero) is 1. The van der Waals surface area contributed by atoms with Crippen molar-refractivity contribution in [2.75, 3.05) is 78.5 Å². The van der Waals surface area contributed by atoms with Crippen LogP contribution in [0.1, 0.15) is 22.8 Å². The molecule has 38 heavy (non-hydrogen) atoms. The monoisotopic (exact) mass is 535 g/mol. The number of ketones is 1. The van der Waals surface area contributed by atoms with Gasteiger partial charge in [0, 0.05) is 64.5 Å². The molecule has 0 bridgehead atoms. The van der Waals surface area contributed by atoms with Gasteiger partial charge in [-0.25, -0.2) is 0 Å². The number of benzene rings is 1. The first-order chi connectivity index (χ1) is 18.0. The minimum Gasteiger partial charge on any atom is -0.480 e. The van der Waals surface area contributed by atoms with Gasteiger partial charge in [0.25, 0.3) is 0 Å². The number of hydrogen-bond acceptors (Lipinski definition) is 9. The second-order valence-corrected chi connectivity index (χ2v) is 9.32. The number of aliphatic carboxylic acids is 3. The van der Waals surface area contributed by atoms with Gasteiger partial charge in [0.2, 0.25) is 5.91 Å². The van der Waals surface area contributed by atoms with Gasteiger partial charge >= 0.3 is 17.9 Å². The van der Waals surface area contributed by atoms with E-state index in [-0.39, 0.29) is 44.4 Å². The Morgan fingerprint density at radius 1 is 0.684 bits per heavy atom. The van der Waals surface area contributed by atoms with Crippen LogP contribution in [0.5, 0.6) is 0 Å². The summed E-state index contributed by atoms with van der Waals surface area (Å²) < 4.78 is 0. The lowest BCUT2D eigenvalue weighted by Crippen LogP contribution is -2.49. The molecule has 1 aromatic rings. The molecule has 0 aromatic heterocycles. The number of nitrogens with zero attached hydrogens (tertiary/aromatic N) is 4. The highest BCUT2D eigenvalue weighted by Crippen LogP contribution is 2.06. The van der Waals surface area contributed by atoms with Crippen molar-refractivity contribution in [2.45, 2.75) is 13.5 Å². The van der Waals surface area contributed by atoms with Crippen LogP contribution in [0.25, 0.3) is 0 Å². The summed E-state index contributed by atoms with van der Waals surface area (Å²) in [6.45, 7) is 3.68. The fourth-order valence-electron chi connectivity index (χ4n) is 4.14. The van der Waals surface area contributed by atoms with Crippen molar-refractivity contribution >= 4 is 29.6 Å².